The molecule has 0 unspecified atom stereocenters. The minimum atomic E-state index is -4.73. The molecule has 1 fully saturated rings. The zero-order chi connectivity index (χ0) is 20.6. The summed E-state index contributed by atoms with van der Waals surface area (Å²) in [7, 11) is 4.09. The Labute approximate surface area is 164 Å². The number of halogens is 3. The van der Waals surface area contributed by atoms with Crippen LogP contribution in [0.3, 0.4) is 0 Å². The molecule has 6 nitrogen and oxygen atoms in total. The Morgan fingerprint density at radius 3 is 2.50 bits per heavy atom. The third-order valence-electron chi connectivity index (χ3n) is 4.91. The van der Waals surface area contributed by atoms with E-state index in [4.69, 9.17) is 4.74 Å². The average Bonchev–Trinajstić information content (AvgIpc) is 2.64. The normalized spacial score (nSPS) is 17.5. The zero-order valence-corrected chi connectivity index (χ0v) is 16.6. The topological polar surface area (TPSA) is 58.1 Å². The summed E-state index contributed by atoms with van der Waals surface area (Å²) in [4.78, 5) is 6.64. The summed E-state index contributed by atoms with van der Waals surface area (Å²) in [6.45, 7) is 4.72. The lowest BCUT2D eigenvalue weighted by Crippen LogP contribution is -2.57. The lowest BCUT2D eigenvalue weighted by molar-refractivity contribution is -0.274. The van der Waals surface area contributed by atoms with Crippen molar-refractivity contribution >= 4 is 5.96 Å². The molecular formula is C19H29F3N4O2. The Balaban J connectivity index is 2.08. The standard InChI is InChI=1S/C19H29F3N4O2/c1-4-23-17(25-14-18(26(2)3)9-11-27-12-10-18)24-13-15-7-5-6-8-16(15)28-19(20,21)22/h5-8H,4,9-14H2,1-3H3,(H2,23,24,25). The molecule has 0 spiro atoms. The highest BCUT2D eigenvalue weighted by atomic mass is 19.4. The number of nitrogens with one attached hydrogen (secondary N) is 2. The lowest BCUT2D eigenvalue weighted by atomic mass is 9.88. The van der Waals surface area contributed by atoms with Crippen LogP contribution in [0.1, 0.15) is 25.3 Å². The summed E-state index contributed by atoms with van der Waals surface area (Å²) in [6, 6.07) is 6.04. The molecule has 0 aliphatic carbocycles. The van der Waals surface area contributed by atoms with Gasteiger partial charge in [0.2, 0.25) is 0 Å². The number of rotatable bonds is 7. The van der Waals surface area contributed by atoms with Gasteiger partial charge in [0.05, 0.1) is 6.54 Å². The Morgan fingerprint density at radius 1 is 1.21 bits per heavy atom. The number of likely N-dealkylation sites (N-methyl/N-ethyl adjacent to an activating group) is 1. The summed E-state index contributed by atoms with van der Waals surface area (Å²) >= 11 is 0. The fraction of sp³-hybridized carbons (Fsp3) is 0.632. The SMILES string of the molecule is CCNC(=NCc1ccccc1OC(F)(F)F)NCC1(N(C)C)CCOCC1. The number of hydrogen-bond acceptors (Lipinski definition) is 4. The van der Waals surface area contributed by atoms with E-state index in [1.54, 1.807) is 12.1 Å². The number of hydrogen-bond donors (Lipinski definition) is 2. The van der Waals surface area contributed by atoms with E-state index in [-0.39, 0.29) is 17.8 Å². The second-order valence-corrected chi connectivity index (χ2v) is 6.94. The highest BCUT2D eigenvalue weighted by Gasteiger charge is 2.35. The molecule has 1 heterocycles. The number of nitrogens with zero attached hydrogens (tertiary/aromatic N) is 2. The van der Waals surface area contributed by atoms with Gasteiger partial charge in [-0.05, 0) is 39.9 Å². The van der Waals surface area contributed by atoms with Gasteiger partial charge in [-0.3, -0.25) is 0 Å². The van der Waals surface area contributed by atoms with Gasteiger partial charge in [0.1, 0.15) is 5.75 Å². The number of aliphatic imine (C=N–C) groups is 1. The molecular weight excluding hydrogens is 373 g/mol. The molecule has 1 aromatic carbocycles. The third-order valence-corrected chi connectivity index (χ3v) is 4.91. The van der Waals surface area contributed by atoms with Crippen molar-refractivity contribution in [2.45, 2.75) is 38.2 Å². The molecule has 0 amide bonds. The number of guanidine groups is 1. The third kappa shape index (κ3) is 6.56. The second kappa shape index (κ2) is 9.97. The van der Waals surface area contributed by atoms with Gasteiger partial charge in [0, 0.05) is 37.4 Å². The van der Waals surface area contributed by atoms with Crippen molar-refractivity contribution in [3.8, 4) is 5.75 Å². The van der Waals surface area contributed by atoms with Gasteiger partial charge in [-0.15, -0.1) is 13.2 Å². The molecule has 1 aromatic rings. The molecule has 0 aromatic heterocycles. The monoisotopic (exact) mass is 402 g/mol. The summed E-state index contributed by atoms with van der Waals surface area (Å²) in [5.74, 6) is 0.320. The van der Waals surface area contributed by atoms with Crippen LogP contribution in [0.5, 0.6) is 5.75 Å². The zero-order valence-electron chi connectivity index (χ0n) is 16.6. The summed E-state index contributed by atoms with van der Waals surface area (Å²) < 4.78 is 47.3. The molecule has 158 valence electrons. The maximum Gasteiger partial charge on any atom is 0.573 e. The summed E-state index contributed by atoms with van der Waals surface area (Å²) in [5, 5.41) is 6.47. The van der Waals surface area contributed by atoms with Crippen LogP contribution in [0.4, 0.5) is 13.2 Å². The van der Waals surface area contributed by atoms with E-state index in [0.717, 1.165) is 12.8 Å². The Kier molecular flexibility index (Phi) is 7.94. The van der Waals surface area contributed by atoms with Crippen molar-refractivity contribution in [3.05, 3.63) is 29.8 Å². The first-order valence-electron chi connectivity index (χ1n) is 9.37. The van der Waals surface area contributed by atoms with Crippen molar-refractivity contribution in [3.63, 3.8) is 0 Å². The molecule has 28 heavy (non-hydrogen) atoms. The van der Waals surface area contributed by atoms with E-state index >= 15 is 0 Å². The van der Waals surface area contributed by atoms with Crippen LogP contribution in [0.25, 0.3) is 0 Å². The maximum absolute atomic E-state index is 12.6. The maximum atomic E-state index is 12.6. The minimum absolute atomic E-state index is 0.0499. The van der Waals surface area contributed by atoms with Gasteiger partial charge in [-0.2, -0.15) is 0 Å². The Hall–Kier alpha value is -2.00. The number of alkyl halides is 3. The van der Waals surface area contributed by atoms with E-state index in [1.165, 1.54) is 12.1 Å². The molecule has 0 bridgehead atoms. The molecule has 1 saturated heterocycles. The van der Waals surface area contributed by atoms with Gasteiger partial charge in [0.15, 0.2) is 5.96 Å². The van der Waals surface area contributed by atoms with Gasteiger partial charge < -0.3 is 25.0 Å². The molecule has 2 N–H and O–H groups in total. The first kappa shape index (κ1) is 22.3. The van der Waals surface area contributed by atoms with Gasteiger partial charge in [-0.1, -0.05) is 18.2 Å². The van der Waals surface area contributed by atoms with E-state index in [0.29, 0.717) is 37.8 Å². The summed E-state index contributed by atoms with van der Waals surface area (Å²) in [5.41, 5.74) is 0.316. The fourth-order valence-corrected chi connectivity index (χ4v) is 3.15. The van der Waals surface area contributed by atoms with Crippen LogP contribution in [-0.2, 0) is 11.3 Å². The van der Waals surface area contributed by atoms with Crippen molar-refractivity contribution < 1.29 is 22.6 Å². The Morgan fingerprint density at radius 2 is 1.89 bits per heavy atom. The minimum Gasteiger partial charge on any atom is -0.405 e. The molecule has 1 aliphatic rings. The van der Waals surface area contributed by atoms with Crippen molar-refractivity contribution in [1.29, 1.82) is 0 Å². The second-order valence-electron chi connectivity index (χ2n) is 6.94. The van der Waals surface area contributed by atoms with Gasteiger partial charge >= 0.3 is 6.36 Å². The lowest BCUT2D eigenvalue weighted by Gasteiger charge is -2.43. The Bertz CT molecular complexity index is 644. The van der Waals surface area contributed by atoms with Crippen LogP contribution in [0, 0.1) is 0 Å². The van der Waals surface area contributed by atoms with Crippen molar-refractivity contribution in [2.75, 3.05) is 40.4 Å². The quantitative estimate of drug-likeness (QED) is 0.543. The first-order chi connectivity index (χ1) is 13.3. The number of para-hydroxylation sites is 1. The van der Waals surface area contributed by atoms with Crippen molar-refractivity contribution in [1.82, 2.24) is 15.5 Å². The highest BCUT2D eigenvalue weighted by molar-refractivity contribution is 5.79. The predicted molar refractivity (Wildman–Crippen MR) is 102 cm³/mol. The molecule has 9 heteroatoms. The molecule has 2 rings (SSSR count). The molecule has 0 saturated carbocycles. The number of benzene rings is 1. The van der Waals surface area contributed by atoms with E-state index < -0.39 is 6.36 Å². The van der Waals surface area contributed by atoms with Gasteiger partial charge in [0.25, 0.3) is 0 Å². The number of ether oxygens (including phenoxy) is 2. The van der Waals surface area contributed by atoms with Crippen LogP contribution in [-0.4, -0.2) is 63.2 Å². The van der Waals surface area contributed by atoms with Gasteiger partial charge in [-0.25, -0.2) is 4.99 Å². The van der Waals surface area contributed by atoms with Crippen LogP contribution >= 0.6 is 0 Å². The summed E-state index contributed by atoms with van der Waals surface area (Å²) in [6.07, 6.45) is -2.94. The van der Waals surface area contributed by atoms with Crippen LogP contribution in [0.2, 0.25) is 0 Å². The smallest absolute Gasteiger partial charge is 0.405 e. The highest BCUT2D eigenvalue weighted by Crippen LogP contribution is 2.27. The van der Waals surface area contributed by atoms with E-state index in [1.807, 2.05) is 21.0 Å². The van der Waals surface area contributed by atoms with Crippen molar-refractivity contribution in [2.24, 2.45) is 4.99 Å². The van der Waals surface area contributed by atoms with Crippen LogP contribution in [0.15, 0.2) is 29.3 Å². The molecule has 1 aliphatic heterocycles. The van der Waals surface area contributed by atoms with E-state index in [9.17, 15) is 13.2 Å². The molecule has 0 atom stereocenters. The van der Waals surface area contributed by atoms with E-state index in [2.05, 4.69) is 25.3 Å². The largest absolute Gasteiger partial charge is 0.573 e. The average molecular weight is 402 g/mol. The predicted octanol–water partition coefficient (Wildman–Crippen LogP) is 2.75. The fourth-order valence-electron chi connectivity index (χ4n) is 3.15. The van der Waals surface area contributed by atoms with Crippen LogP contribution < -0.4 is 15.4 Å². The molecule has 0 radical (unpaired) electrons. The first-order valence-corrected chi connectivity index (χ1v) is 9.37.